The van der Waals surface area contributed by atoms with Crippen LogP contribution in [0, 0.1) is 13.8 Å². The number of methoxy groups -OCH3 is 1. The molecule has 2 aliphatic rings. The van der Waals surface area contributed by atoms with E-state index < -0.39 is 0 Å². The van der Waals surface area contributed by atoms with E-state index in [2.05, 4.69) is 22.5 Å². The minimum atomic E-state index is -0.238. The number of furan rings is 1. The molecule has 1 aromatic heterocycles. The molecule has 2 N–H and O–H groups in total. The summed E-state index contributed by atoms with van der Waals surface area (Å²) >= 11 is 0. The number of nitrogens with zero attached hydrogens (tertiary/aromatic N) is 1. The van der Waals surface area contributed by atoms with Gasteiger partial charge >= 0.3 is 0 Å². The smallest absolute Gasteiger partial charge is 0.252 e. The number of allylic oxidation sites excluding steroid dienone is 2. The summed E-state index contributed by atoms with van der Waals surface area (Å²) < 4.78 is 17.0. The van der Waals surface area contributed by atoms with Gasteiger partial charge in [-0.2, -0.15) is 0 Å². The molecule has 0 bridgehead atoms. The Hall–Kier alpha value is -3.48. The highest BCUT2D eigenvalue weighted by atomic mass is 16.5. The summed E-state index contributed by atoms with van der Waals surface area (Å²) in [5.41, 5.74) is 4.72. The van der Waals surface area contributed by atoms with Crippen molar-refractivity contribution >= 4 is 28.5 Å². The number of carbonyl (C=O) groups is 1. The van der Waals surface area contributed by atoms with Gasteiger partial charge < -0.3 is 29.4 Å². The number of anilines is 1. The van der Waals surface area contributed by atoms with Crippen LogP contribution in [-0.4, -0.2) is 51.3 Å². The van der Waals surface area contributed by atoms with Crippen LogP contribution in [0.25, 0.3) is 11.0 Å². The third-order valence-electron chi connectivity index (χ3n) is 6.71. The maximum Gasteiger partial charge on any atom is 0.252 e. The van der Waals surface area contributed by atoms with E-state index in [1.165, 1.54) is 7.11 Å². The van der Waals surface area contributed by atoms with Crippen molar-refractivity contribution < 1.29 is 23.5 Å². The van der Waals surface area contributed by atoms with Gasteiger partial charge in [0.1, 0.15) is 22.8 Å². The zero-order chi connectivity index (χ0) is 25.1. The highest BCUT2D eigenvalue weighted by Gasteiger charge is 2.27. The molecule has 1 amide bonds. The number of hydrogen-bond acceptors (Lipinski definition) is 7. The monoisotopic (exact) mass is 479 g/mol. The van der Waals surface area contributed by atoms with Gasteiger partial charge in [0.2, 0.25) is 0 Å². The van der Waals surface area contributed by atoms with Crippen LogP contribution < -0.4 is 15.5 Å². The molecule has 4 rings (SSSR count). The highest BCUT2D eigenvalue weighted by Crippen LogP contribution is 2.35. The van der Waals surface area contributed by atoms with Crippen LogP contribution >= 0.6 is 0 Å². The van der Waals surface area contributed by atoms with Gasteiger partial charge in [0.15, 0.2) is 5.94 Å². The first kappa shape index (κ1) is 24.6. The summed E-state index contributed by atoms with van der Waals surface area (Å²) in [5.74, 6) is 2.94. The zero-order valence-corrected chi connectivity index (χ0v) is 21.0. The van der Waals surface area contributed by atoms with Gasteiger partial charge in [-0.25, -0.2) is 4.79 Å². The van der Waals surface area contributed by atoms with Crippen LogP contribution in [-0.2, 0) is 14.3 Å². The number of aryl methyl sites for hydroxylation is 1. The molecule has 1 aromatic carbocycles. The number of amides is 1. The van der Waals surface area contributed by atoms with Crippen molar-refractivity contribution in [1.82, 2.24) is 10.6 Å². The van der Waals surface area contributed by atoms with E-state index in [0.717, 1.165) is 60.7 Å². The molecule has 35 heavy (non-hydrogen) atoms. The van der Waals surface area contributed by atoms with E-state index >= 15 is 0 Å². The normalized spacial score (nSPS) is 16.6. The Morgan fingerprint density at radius 3 is 2.66 bits per heavy atom. The van der Waals surface area contributed by atoms with Gasteiger partial charge in [0.25, 0.3) is 5.91 Å². The van der Waals surface area contributed by atoms with E-state index in [1.54, 1.807) is 6.08 Å². The fourth-order valence-corrected chi connectivity index (χ4v) is 5.03. The minimum absolute atomic E-state index is 0.114. The summed E-state index contributed by atoms with van der Waals surface area (Å²) in [4.78, 5) is 27.5. The lowest BCUT2D eigenvalue weighted by Gasteiger charge is -2.36. The van der Waals surface area contributed by atoms with Gasteiger partial charge in [-0.05, 0) is 58.2 Å². The standard InChI is InChI=1S/C27H33N3O5/c1-6-30(19-7-9-34-10-8-19)23-13-25-20(12-17(3)35-25)26(18(23)4)27(32)28-14-21-22(15-31)29-16(2)11-24(21)33-5/h11-13,19,29H,6-10,14H2,1-5H3,(H,28,32). The molecule has 2 aromatic rings. The summed E-state index contributed by atoms with van der Waals surface area (Å²) in [6.45, 7) is 10.2. The molecule has 0 atom stereocenters. The molecule has 3 heterocycles. The topological polar surface area (TPSA) is 93.0 Å². The molecule has 8 nitrogen and oxygen atoms in total. The van der Waals surface area contributed by atoms with E-state index in [4.69, 9.17) is 13.9 Å². The van der Waals surface area contributed by atoms with Crippen molar-refractivity contribution in [1.29, 1.82) is 0 Å². The molecular formula is C27H33N3O5. The lowest BCUT2D eigenvalue weighted by atomic mass is 9.98. The molecule has 8 heteroatoms. The number of fused-ring (bicyclic) bond motifs is 1. The van der Waals surface area contributed by atoms with Crippen LogP contribution in [0.2, 0.25) is 0 Å². The lowest BCUT2D eigenvalue weighted by Crippen LogP contribution is -2.40. The van der Waals surface area contributed by atoms with Crippen molar-refractivity contribution in [3.8, 4) is 0 Å². The Morgan fingerprint density at radius 2 is 2.00 bits per heavy atom. The first-order chi connectivity index (χ1) is 16.9. The molecule has 0 saturated carbocycles. The Kier molecular flexibility index (Phi) is 7.34. The Balaban J connectivity index is 1.72. The molecule has 186 valence electrons. The third-order valence-corrected chi connectivity index (χ3v) is 6.71. The lowest BCUT2D eigenvalue weighted by molar-refractivity contribution is 0.0846. The molecular weight excluding hydrogens is 446 g/mol. The molecule has 2 aliphatic heterocycles. The Morgan fingerprint density at radius 1 is 1.26 bits per heavy atom. The predicted molar refractivity (Wildman–Crippen MR) is 135 cm³/mol. The number of hydrogen-bond donors (Lipinski definition) is 2. The van der Waals surface area contributed by atoms with Crippen molar-refractivity contribution in [3.63, 3.8) is 0 Å². The fourth-order valence-electron chi connectivity index (χ4n) is 5.03. The van der Waals surface area contributed by atoms with Gasteiger partial charge in [0, 0.05) is 60.8 Å². The first-order valence-corrected chi connectivity index (χ1v) is 12.0. The molecule has 0 aliphatic carbocycles. The number of dihydropyridines is 1. The van der Waals surface area contributed by atoms with Gasteiger partial charge in [-0.1, -0.05) is 0 Å². The van der Waals surface area contributed by atoms with Crippen LogP contribution in [0.4, 0.5) is 5.69 Å². The maximum atomic E-state index is 13.6. The zero-order valence-electron chi connectivity index (χ0n) is 21.0. The Labute approximate surface area is 205 Å². The van der Waals surface area contributed by atoms with E-state index in [1.807, 2.05) is 38.8 Å². The summed E-state index contributed by atoms with van der Waals surface area (Å²) in [7, 11) is 1.54. The average molecular weight is 480 g/mol. The largest absolute Gasteiger partial charge is 0.496 e. The summed E-state index contributed by atoms with van der Waals surface area (Å²) in [5, 5.41) is 6.75. The summed E-state index contributed by atoms with van der Waals surface area (Å²) in [6.07, 6.45) is 3.68. The maximum absolute atomic E-state index is 13.6. The fraction of sp³-hybridized carbons (Fsp3) is 0.444. The van der Waals surface area contributed by atoms with E-state index in [0.29, 0.717) is 28.5 Å². The number of benzene rings is 1. The van der Waals surface area contributed by atoms with E-state index in [-0.39, 0.29) is 18.1 Å². The second kappa shape index (κ2) is 10.4. The first-order valence-electron chi connectivity index (χ1n) is 12.0. The van der Waals surface area contributed by atoms with Crippen molar-refractivity contribution in [2.24, 2.45) is 0 Å². The number of ether oxygens (including phenoxy) is 2. The van der Waals surface area contributed by atoms with Crippen molar-refractivity contribution in [2.75, 3.05) is 38.3 Å². The number of carbonyl (C=O) groups excluding carboxylic acids is 2. The van der Waals surface area contributed by atoms with Crippen LogP contribution in [0.3, 0.4) is 0 Å². The van der Waals surface area contributed by atoms with Crippen LogP contribution in [0.5, 0.6) is 0 Å². The van der Waals surface area contributed by atoms with Crippen molar-refractivity contribution in [2.45, 2.75) is 46.6 Å². The Bertz CT molecular complexity index is 1240. The molecule has 1 saturated heterocycles. The molecule has 1 fully saturated rings. The van der Waals surface area contributed by atoms with Crippen molar-refractivity contribution in [3.05, 3.63) is 57.8 Å². The van der Waals surface area contributed by atoms with Gasteiger partial charge in [0.05, 0.1) is 12.7 Å². The SMILES string of the molecule is CCN(c1cc2oc(C)cc2c(C(=O)NCC2=C(OC)C=C(C)NC2=C=O)c1C)C1CCOCC1. The van der Waals surface area contributed by atoms with Crippen LogP contribution in [0.15, 0.2) is 45.4 Å². The number of nitrogens with one attached hydrogen (secondary N) is 2. The van der Waals surface area contributed by atoms with Gasteiger partial charge in [-0.15, -0.1) is 0 Å². The third kappa shape index (κ3) is 4.85. The second-order valence-electron chi connectivity index (χ2n) is 8.95. The summed E-state index contributed by atoms with van der Waals surface area (Å²) in [6, 6.07) is 4.29. The average Bonchev–Trinajstić information content (AvgIpc) is 3.23. The van der Waals surface area contributed by atoms with E-state index in [9.17, 15) is 9.59 Å². The highest BCUT2D eigenvalue weighted by molar-refractivity contribution is 6.09. The minimum Gasteiger partial charge on any atom is -0.496 e. The predicted octanol–water partition coefficient (Wildman–Crippen LogP) is 3.91. The number of rotatable bonds is 7. The van der Waals surface area contributed by atoms with Gasteiger partial charge in [-0.3, -0.25) is 4.79 Å². The van der Waals surface area contributed by atoms with Crippen LogP contribution in [0.1, 0.15) is 48.4 Å². The molecule has 0 spiro atoms. The molecule has 0 unspecified atom stereocenters. The molecule has 0 radical (unpaired) electrons. The second-order valence-corrected chi connectivity index (χ2v) is 8.95. The quantitative estimate of drug-likeness (QED) is 0.582.